The van der Waals surface area contributed by atoms with Crippen LogP contribution in [0.15, 0.2) is 42.7 Å². The minimum absolute atomic E-state index is 0.314. The number of hydrogen-bond donors (Lipinski definition) is 1. The van der Waals surface area contributed by atoms with Crippen LogP contribution in [0.4, 0.5) is 5.82 Å². The van der Waals surface area contributed by atoms with Gasteiger partial charge in [-0.1, -0.05) is 24.0 Å². The summed E-state index contributed by atoms with van der Waals surface area (Å²) in [6, 6.07) is 9.50. The van der Waals surface area contributed by atoms with E-state index >= 15 is 0 Å². The van der Waals surface area contributed by atoms with Crippen LogP contribution in [0.2, 0.25) is 0 Å². The summed E-state index contributed by atoms with van der Waals surface area (Å²) in [4.78, 5) is 29.6. The molecule has 2 aromatic heterocycles. The Kier molecular flexibility index (Phi) is 4.37. The molecule has 2 aliphatic heterocycles. The van der Waals surface area contributed by atoms with Gasteiger partial charge in [0.05, 0.1) is 11.7 Å². The fraction of sp³-hybridized carbons (Fsp3) is 0.304. The monoisotopic (exact) mass is 399 g/mol. The number of aromatic nitrogens is 3. The van der Waals surface area contributed by atoms with Crippen molar-refractivity contribution >= 4 is 22.6 Å². The number of carbonyl (C=O) groups excluding carboxylic acids is 1. The van der Waals surface area contributed by atoms with E-state index in [1.54, 1.807) is 19.4 Å². The van der Waals surface area contributed by atoms with E-state index in [0.29, 0.717) is 24.4 Å². The molecular formula is C23H21N5O2. The van der Waals surface area contributed by atoms with E-state index < -0.39 is 5.60 Å². The van der Waals surface area contributed by atoms with Crippen molar-refractivity contribution in [3.05, 3.63) is 48.3 Å². The average molecular weight is 399 g/mol. The zero-order valence-electron chi connectivity index (χ0n) is 16.7. The zero-order valence-corrected chi connectivity index (χ0v) is 16.7. The van der Waals surface area contributed by atoms with Gasteiger partial charge in [-0.3, -0.25) is 9.78 Å². The fourth-order valence-corrected chi connectivity index (χ4v) is 3.74. The number of benzene rings is 1. The molecule has 0 saturated carbocycles. The van der Waals surface area contributed by atoms with Crippen LogP contribution in [-0.2, 0) is 4.79 Å². The molecule has 2 aliphatic rings. The van der Waals surface area contributed by atoms with Gasteiger partial charge in [-0.25, -0.2) is 9.97 Å². The Morgan fingerprint density at radius 2 is 2.03 bits per heavy atom. The van der Waals surface area contributed by atoms with E-state index in [9.17, 15) is 9.90 Å². The quantitative estimate of drug-likeness (QED) is 0.663. The van der Waals surface area contributed by atoms with Gasteiger partial charge in [0.1, 0.15) is 5.82 Å². The van der Waals surface area contributed by atoms with E-state index in [-0.39, 0.29) is 5.91 Å². The lowest BCUT2D eigenvalue weighted by molar-refractivity contribution is -0.137. The first-order chi connectivity index (χ1) is 14.5. The minimum Gasteiger partial charge on any atom is -0.369 e. The maximum atomic E-state index is 12.1. The summed E-state index contributed by atoms with van der Waals surface area (Å²) in [6.07, 6.45) is 4.99. The van der Waals surface area contributed by atoms with Crippen LogP contribution in [0.5, 0.6) is 0 Å². The van der Waals surface area contributed by atoms with Crippen LogP contribution >= 0.6 is 0 Å². The molecule has 1 atom stereocenters. The highest BCUT2D eigenvalue weighted by molar-refractivity contribution is 5.91. The number of carbonyl (C=O) groups is 1. The van der Waals surface area contributed by atoms with Gasteiger partial charge in [0.15, 0.2) is 5.82 Å². The molecule has 0 aliphatic carbocycles. The predicted octanol–water partition coefficient (Wildman–Crippen LogP) is 1.85. The molecular weight excluding hydrogens is 378 g/mol. The first-order valence-electron chi connectivity index (χ1n) is 10.0. The maximum absolute atomic E-state index is 12.1. The van der Waals surface area contributed by atoms with Gasteiger partial charge in [-0.05, 0) is 24.6 Å². The van der Waals surface area contributed by atoms with Crippen LogP contribution in [-0.4, -0.2) is 63.1 Å². The highest BCUT2D eigenvalue weighted by Gasteiger charge is 2.42. The normalized spacial score (nSPS) is 20.8. The van der Waals surface area contributed by atoms with Crippen molar-refractivity contribution in [2.45, 2.75) is 18.4 Å². The van der Waals surface area contributed by atoms with Crippen LogP contribution in [0.1, 0.15) is 18.4 Å². The second-order valence-corrected chi connectivity index (χ2v) is 7.77. The molecule has 4 heterocycles. The number of anilines is 1. The molecule has 30 heavy (non-hydrogen) atoms. The molecule has 1 N–H and O–H groups in total. The Labute approximate surface area is 174 Å². The molecule has 2 fully saturated rings. The van der Waals surface area contributed by atoms with Gasteiger partial charge >= 0.3 is 0 Å². The van der Waals surface area contributed by atoms with Gasteiger partial charge in [-0.15, -0.1) is 0 Å². The summed E-state index contributed by atoms with van der Waals surface area (Å²) >= 11 is 0. The van der Waals surface area contributed by atoms with Gasteiger partial charge in [0.2, 0.25) is 5.60 Å². The lowest BCUT2D eigenvalue weighted by Gasteiger charge is -2.33. The molecule has 0 spiro atoms. The van der Waals surface area contributed by atoms with E-state index in [1.165, 1.54) is 4.90 Å². The Hall–Kier alpha value is -3.50. The lowest BCUT2D eigenvalue weighted by Crippen LogP contribution is -2.37. The largest absolute Gasteiger partial charge is 0.369 e. The zero-order chi connectivity index (χ0) is 20.7. The highest BCUT2D eigenvalue weighted by Crippen LogP contribution is 2.30. The summed E-state index contributed by atoms with van der Waals surface area (Å²) in [7, 11) is 1.67. The number of likely N-dealkylation sites (N-methyl/N-ethyl adjacent to an activating group) is 1. The molecule has 0 radical (unpaired) electrons. The third kappa shape index (κ3) is 3.15. The number of aliphatic hydroxyl groups is 1. The number of amides is 1. The molecule has 1 amide bonds. The van der Waals surface area contributed by atoms with Gasteiger partial charge < -0.3 is 14.9 Å². The summed E-state index contributed by atoms with van der Waals surface area (Å²) in [5.41, 5.74) is 0.718. The fourth-order valence-electron chi connectivity index (χ4n) is 3.74. The Morgan fingerprint density at radius 3 is 2.77 bits per heavy atom. The third-order valence-corrected chi connectivity index (χ3v) is 5.68. The van der Waals surface area contributed by atoms with Gasteiger partial charge in [0.25, 0.3) is 5.91 Å². The van der Waals surface area contributed by atoms with Crippen LogP contribution < -0.4 is 4.90 Å². The molecule has 0 unspecified atom stereocenters. The van der Waals surface area contributed by atoms with E-state index in [0.717, 1.165) is 41.8 Å². The van der Waals surface area contributed by atoms with Crippen LogP contribution in [0.3, 0.4) is 0 Å². The van der Waals surface area contributed by atoms with Gasteiger partial charge in [-0.2, -0.15) is 0 Å². The van der Waals surface area contributed by atoms with Crippen molar-refractivity contribution in [1.82, 2.24) is 19.9 Å². The summed E-state index contributed by atoms with van der Waals surface area (Å²) < 4.78 is 0. The number of pyridine rings is 1. The highest BCUT2D eigenvalue weighted by atomic mass is 16.3. The van der Waals surface area contributed by atoms with Crippen molar-refractivity contribution in [3.63, 3.8) is 0 Å². The second kappa shape index (κ2) is 7.08. The van der Waals surface area contributed by atoms with E-state index in [4.69, 9.17) is 9.97 Å². The number of fused-ring (bicyclic) bond motifs is 1. The molecule has 7 nitrogen and oxygen atoms in total. The van der Waals surface area contributed by atoms with Gasteiger partial charge in [0, 0.05) is 55.8 Å². The first-order valence-corrected chi connectivity index (χ1v) is 10.0. The lowest BCUT2D eigenvalue weighted by atomic mass is 10.0. The summed E-state index contributed by atoms with van der Waals surface area (Å²) in [6.45, 7) is 2.48. The topological polar surface area (TPSA) is 82.4 Å². The number of hydrogen-bond acceptors (Lipinski definition) is 6. The molecule has 3 aromatic rings. The number of rotatable bonds is 2. The maximum Gasteiger partial charge on any atom is 0.267 e. The standard InChI is InChI=1S/C23H21N5O2/c1-27-13-9-23(30,22(27)29)8-6-16-4-2-5-17(14-16)20-25-19-15-24-10-7-18(19)21(26-20)28-11-3-12-28/h2,4-5,7,10,14-15,30H,3,9,11-13H2,1H3/t23-/m1/s1. The van der Waals surface area contributed by atoms with Crippen molar-refractivity contribution in [2.75, 3.05) is 31.6 Å². The number of nitrogens with zero attached hydrogens (tertiary/aromatic N) is 5. The van der Waals surface area contributed by atoms with Crippen molar-refractivity contribution in [3.8, 4) is 23.2 Å². The third-order valence-electron chi connectivity index (χ3n) is 5.68. The molecule has 5 rings (SSSR count). The molecule has 0 bridgehead atoms. The minimum atomic E-state index is -1.61. The number of likely N-dealkylation sites (tertiary alicyclic amines) is 1. The smallest absolute Gasteiger partial charge is 0.267 e. The van der Waals surface area contributed by atoms with E-state index in [1.807, 2.05) is 30.3 Å². The Morgan fingerprint density at radius 1 is 1.17 bits per heavy atom. The van der Waals surface area contributed by atoms with Crippen molar-refractivity contribution < 1.29 is 9.90 Å². The SMILES string of the molecule is CN1CC[C@](O)(C#Cc2cccc(-c3nc(N4CCC4)c4ccncc4n3)c2)C1=O. The van der Waals surface area contributed by atoms with E-state index in [2.05, 4.69) is 21.7 Å². The van der Waals surface area contributed by atoms with Crippen LogP contribution in [0.25, 0.3) is 22.3 Å². The van der Waals surface area contributed by atoms with Crippen LogP contribution in [0, 0.1) is 11.8 Å². The summed E-state index contributed by atoms with van der Waals surface area (Å²) in [5, 5.41) is 11.5. The molecule has 2 saturated heterocycles. The summed E-state index contributed by atoms with van der Waals surface area (Å²) in [5.74, 6) is 6.91. The predicted molar refractivity (Wildman–Crippen MR) is 114 cm³/mol. The second-order valence-electron chi connectivity index (χ2n) is 7.77. The Balaban J connectivity index is 1.53. The average Bonchev–Trinajstić information content (AvgIpc) is 2.99. The van der Waals surface area contributed by atoms with Crippen molar-refractivity contribution in [1.29, 1.82) is 0 Å². The van der Waals surface area contributed by atoms with Crippen molar-refractivity contribution in [2.24, 2.45) is 0 Å². The first kappa shape index (κ1) is 18.5. The Bertz CT molecular complexity index is 1210. The molecule has 1 aromatic carbocycles. The molecule has 7 heteroatoms. The molecule has 150 valence electrons.